The lowest BCUT2D eigenvalue weighted by molar-refractivity contribution is 0.100. The molecular weight excluding hydrogens is 335 g/mol. The molecule has 0 spiro atoms. The van der Waals surface area contributed by atoms with Crippen molar-refractivity contribution in [2.75, 3.05) is 11.1 Å². The Hall–Kier alpha value is -1.67. The van der Waals surface area contributed by atoms with E-state index in [9.17, 15) is 9.18 Å². The van der Waals surface area contributed by atoms with Crippen LogP contribution in [0.5, 0.6) is 0 Å². The fourth-order valence-electron chi connectivity index (χ4n) is 1.52. The molecule has 0 radical (unpaired) electrons. The fourth-order valence-corrected chi connectivity index (χ4v) is 2.64. The van der Waals surface area contributed by atoms with Crippen LogP contribution in [0, 0.1) is 5.82 Å². The third-order valence-electron chi connectivity index (χ3n) is 2.41. The zero-order valence-corrected chi connectivity index (χ0v) is 12.0. The Bertz CT molecular complexity index is 631. The lowest BCUT2D eigenvalue weighted by Crippen LogP contribution is -2.14. The summed E-state index contributed by atoms with van der Waals surface area (Å²) in [6.45, 7) is 0.202. The minimum absolute atomic E-state index is 0.0784. The summed E-state index contributed by atoms with van der Waals surface area (Å²) < 4.78 is 18.2. The minimum Gasteiger partial charge on any atom is -0.382 e. The molecule has 8 heteroatoms. The number of aromatic nitrogens is 1. The highest BCUT2D eigenvalue weighted by Gasteiger charge is 2.16. The van der Waals surface area contributed by atoms with Crippen molar-refractivity contribution in [3.05, 3.63) is 39.6 Å². The Kier molecular flexibility index (Phi) is 4.01. The number of hydrogen-bond acceptors (Lipinski definition) is 5. The number of carbonyl (C=O) groups is 1. The largest absolute Gasteiger partial charge is 0.382 e. The lowest BCUT2D eigenvalue weighted by atomic mass is 10.2. The van der Waals surface area contributed by atoms with Gasteiger partial charge in [0.25, 0.3) is 5.91 Å². The average Bonchev–Trinajstić information content (AvgIpc) is 2.72. The molecule has 0 aliphatic carbocycles. The molecule has 0 fully saturated rings. The molecule has 0 saturated heterocycles. The molecule has 1 aromatic carbocycles. The Morgan fingerprint density at radius 3 is 2.95 bits per heavy atom. The molecule has 0 bridgehead atoms. The van der Waals surface area contributed by atoms with Crippen LogP contribution in [0.15, 0.2) is 22.7 Å². The zero-order chi connectivity index (χ0) is 14.0. The maximum atomic E-state index is 13.5. The Morgan fingerprint density at radius 1 is 1.53 bits per heavy atom. The third kappa shape index (κ3) is 3.02. The predicted molar refractivity (Wildman–Crippen MR) is 76.5 cm³/mol. The van der Waals surface area contributed by atoms with E-state index >= 15 is 0 Å². The first-order valence-corrected chi connectivity index (χ1v) is 6.78. The van der Waals surface area contributed by atoms with Crippen LogP contribution in [0.4, 0.5) is 15.2 Å². The first-order valence-electron chi connectivity index (χ1n) is 5.21. The zero-order valence-electron chi connectivity index (χ0n) is 9.61. The van der Waals surface area contributed by atoms with Crippen molar-refractivity contribution in [3.8, 4) is 0 Å². The number of primary amides is 1. The van der Waals surface area contributed by atoms with E-state index < -0.39 is 5.91 Å². The van der Waals surface area contributed by atoms with Gasteiger partial charge in [-0.1, -0.05) is 15.9 Å². The maximum Gasteiger partial charge on any atom is 0.255 e. The van der Waals surface area contributed by atoms with Crippen molar-refractivity contribution < 1.29 is 9.18 Å². The van der Waals surface area contributed by atoms with Crippen LogP contribution in [0.3, 0.4) is 0 Å². The smallest absolute Gasteiger partial charge is 0.255 e. The van der Waals surface area contributed by atoms with Crippen molar-refractivity contribution in [1.29, 1.82) is 0 Å². The predicted octanol–water partition coefficient (Wildman–Crippen LogP) is 2.34. The van der Waals surface area contributed by atoms with Gasteiger partial charge in [0.15, 0.2) is 5.82 Å². The summed E-state index contributed by atoms with van der Waals surface area (Å²) in [6, 6.07) is 4.62. The number of hydrogen-bond donors (Lipinski definition) is 3. The summed E-state index contributed by atoms with van der Waals surface area (Å²) in [4.78, 5) is 11.2. The molecule has 5 N–H and O–H groups in total. The first kappa shape index (κ1) is 13.8. The van der Waals surface area contributed by atoms with Crippen molar-refractivity contribution in [2.24, 2.45) is 5.73 Å². The fraction of sp³-hybridized carbons (Fsp3) is 0.0909. The minimum atomic E-state index is -0.663. The molecular formula is C11H10BrFN4OS. The molecule has 2 aromatic rings. The number of halogens is 2. The van der Waals surface area contributed by atoms with Crippen LogP contribution in [0.2, 0.25) is 0 Å². The van der Waals surface area contributed by atoms with Gasteiger partial charge in [-0.25, -0.2) is 4.39 Å². The summed E-state index contributed by atoms with van der Waals surface area (Å²) in [6.07, 6.45) is 0. The molecule has 5 nitrogen and oxygen atoms in total. The van der Waals surface area contributed by atoms with Crippen LogP contribution < -0.4 is 16.8 Å². The Labute approximate surface area is 121 Å². The van der Waals surface area contributed by atoms with E-state index in [0.717, 1.165) is 16.0 Å². The average molecular weight is 345 g/mol. The quantitative estimate of drug-likeness (QED) is 0.793. The summed E-state index contributed by atoms with van der Waals surface area (Å²) in [5.74, 6) is -0.924. The van der Waals surface area contributed by atoms with Gasteiger partial charge >= 0.3 is 0 Å². The van der Waals surface area contributed by atoms with Crippen LogP contribution >= 0.6 is 27.5 Å². The molecule has 1 amide bonds. The summed E-state index contributed by atoms with van der Waals surface area (Å²) in [7, 11) is 0. The molecule has 0 aliphatic heterocycles. The van der Waals surface area contributed by atoms with Gasteiger partial charge in [0.05, 0.1) is 0 Å². The van der Waals surface area contributed by atoms with Crippen LogP contribution in [-0.4, -0.2) is 10.3 Å². The van der Waals surface area contributed by atoms with Gasteiger partial charge in [0, 0.05) is 16.6 Å². The maximum absolute atomic E-state index is 13.5. The highest BCUT2D eigenvalue weighted by molar-refractivity contribution is 9.10. The lowest BCUT2D eigenvalue weighted by Gasteiger charge is -2.07. The highest BCUT2D eigenvalue weighted by Crippen LogP contribution is 2.27. The molecule has 2 rings (SSSR count). The molecule has 1 heterocycles. The van der Waals surface area contributed by atoms with E-state index in [-0.39, 0.29) is 23.7 Å². The highest BCUT2D eigenvalue weighted by atomic mass is 79.9. The molecule has 100 valence electrons. The number of carbonyl (C=O) groups excluding carboxylic acids is 1. The number of rotatable bonds is 4. The van der Waals surface area contributed by atoms with Crippen molar-refractivity contribution in [1.82, 2.24) is 4.37 Å². The monoisotopic (exact) mass is 344 g/mol. The number of nitrogens with zero attached hydrogens (tertiary/aromatic N) is 1. The number of nitrogen functional groups attached to an aromatic ring is 1. The second-order valence-electron chi connectivity index (χ2n) is 3.73. The molecule has 0 unspecified atom stereocenters. The van der Waals surface area contributed by atoms with Crippen LogP contribution in [0.25, 0.3) is 0 Å². The van der Waals surface area contributed by atoms with Crippen molar-refractivity contribution in [2.45, 2.75) is 6.54 Å². The van der Waals surface area contributed by atoms with Gasteiger partial charge in [0.2, 0.25) is 0 Å². The summed E-state index contributed by atoms with van der Waals surface area (Å²) >= 11 is 4.28. The number of benzene rings is 1. The van der Waals surface area contributed by atoms with E-state index in [4.69, 9.17) is 11.5 Å². The Morgan fingerprint density at radius 2 is 2.26 bits per heavy atom. The molecule has 0 aliphatic rings. The number of amides is 1. The van der Waals surface area contributed by atoms with Gasteiger partial charge in [-0.3, -0.25) is 4.79 Å². The van der Waals surface area contributed by atoms with E-state index in [1.54, 1.807) is 12.1 Å². The molecule has 19 heavy (non-hydrogen) atoms. The van der Waals surface area contributed by atoms with Crippen molar-refractivity contribution in [3.63, 3.8) is 0 Å². The number of nitrogens with two attached hydrogens (primary N) is 2. The molecule has 0 atom stereocenters. The topological polar surface area (TPSA) is 94.0 Å². The van der Waals surface area contributed by atoms with Gasteiger partial charge in [-0.05, 0) is 29.7 Å². The van der Waals surface area contributed by atoms with E-state index in [1.807, 2.05) is 0 Å². The number of anilines is 2. The SMILES string of the molecule is NC(=O)c1c(N)nsc1NCc1cc(Br)ccc1F. The molecule has 0 saturated carbocycles. The second-order valence-corrected chi connectivity index (χ2v) is 5.41. The van der Waals surface area contributed by atoms with Crippen LogP contribution in [0.1, 0.15) is 15.9 Å². The standard InChI is InChI=1S/C11H10BrFN4OS/c12-6-1-2-7(13)5(3-6)4-16-11-8(10(15)18)9(14)17-19-11/h1-3,16H,4H2,(H2,14,17)(H2,15,18). The summed E-state index contributed by atoms with van der Waals surface area (Å²) in [5.41, 5.74) is 11.3. The summed E-state index contributed by atoms with van der Waals surface area (Å²) in [5, 5.41) is 3.35. The van der Waals surface area contributed by atoms with Crippen molar-refractivity contribution >= 4 is 44.2 Å². The molecule has 1 aromatic heterocycles. The van der Waals surface area contributed by atoms with E-state index in [1.165, 1.54) is 6.07 Å². The first-order chi connectivity index (χ1) is 8.99. The van der Waals surface area contributed by atoms with Gasteiger partial charge < -0.3 is 16.8 Å². The van der Waals surface area contributed by atoms with Gasteiger partial charge in [-0.2, -0.15) is 4.37 Å². The normalized spacial score (nSPS) is 10.4. The van der Waals surface area contributed by atoms with Gasteiger partial charge in [0.1, 0.15) is 16.4 Å². The van der Waals surface area contributed by atoms with E-state index in [2.05, 4.69) is 25.6 Å². The van der Waals surface area contributed by atoms with E-state index in [0.29, 0.717) is 10.6 Å². The van der Waals surface area contributed by atoms with Gasteiger partial charge in [-0.15, -0.1) is 0 Å². The number of nitrogens with one attached hydrogen (secondary N) is 1. The second kappa shape index (κ2) is 5.54. The van der Waals surface area contributed by atoms with Crippen LogP contribution in [-0.2, 0) is 6.54 Å². The third-order valence-corrected chi connectivity index (χ3v) is 3.72. The Balaban J connectivity index is 2.19.